The molecule has 0 aliphatic carbocycles. The van der Waals surface area contributed by atoms with Crippen molar-refractivity contribution >= 4 is 5.97 Å². The van der Waals surface area contributed by atoms with E-state index < -0.39 is 10.3 Å². The Labute approximate surface area is 81.9 Å². The second kappa shape index (κ2) is 3.77. The number of hydrogen-bond donors (Lipinski definition) is 0. The van der Waals surface area contributed by atoms with Crippen molar-refractivity contribution in [3.05, 3.63) is 21.9 Å². The highest BCUT2D eigenvalue weighted by molar-refractivity contribution is 5.80. The standard InChI is InChI=1S/C9H13NO4/c1-3-9(4-5-14-8(9)11)6-7(2)10(12)13/h6H,3-5H2,1-2H3/b7-6+. The van der Waals surface area contributed by atoms with Crippen LogP contribution in [0.2, 0.25) is 0 Å². The third-order valence-electron chi connectivity index (χ3n) is 2.59. The number of carbonyl (C=O) groups excluding carboxylic acids is 1. The van der Waals surface area contributed by atoms with Crippen LogP contribution >= 0.6 is 0 Å². The lowest BCUT2D eigenvalue weighted by Crippen LogP contribution is -2.24. The number of rotatable bonds is 3. The number of ether oxygens (including phenoxy) is 1. The zero-order valence-electron chi connectivity index (χ0n) is 8.28. The van der Waals surface area contributed by atoms with Gasteiger partial charge in [0.1, 0.15) is 0 Å². The van der Waals surface area contributed by atoms with E-state index >= 15 is 0 Å². The van der Waals surface area contributed by atoms with Gasteiger partial charge in [-0.25, -0.2) is 0 Å². The number of nitrogens with zero attached hydrogens (tertiary/aromatic N) is 1. The summed E-state index contributed by atoms with van der Waals surface area (Å²) < 4.78 is 4.83. The van der Waals surface area contributed by atoms with Crippen LogP contribution in [0.1, 0.15) is 26.7 Å². The number of esters is 1. The molecule has 0 aromatic rings. The number of allylic oxidation sites excluding steroid dienone is 1. The van der Waals surface area contributed by atoms with E-state index in [1.165, 1.54) is 13.0 Å². The Morgan fingerprint density at radius 1 is 1.79 bits per heavy atom. The van der Waals surface area contributed by atoms with E-state index in [1.54, 1.807) is 0 Å². The summed E-state index contributed by atoms with van der Waals surface area (Å²) in [5.74, 6) is -0.346. The number of nitro groups is 1. The highest BCUT2D eigenvalue weighted by Crippen LogP contribution is 2.36. The van der Waals surface area contributed by atoms with Gasteiger partial charge in [0, 0.05) is 19.4 Å². The molecule has 0 spiro atoms. The maximum atomic E-state index is 11.4. The van der Waals surface area contributed by atoms with E-state index in [9.17, 15) is 14.9 Å². The van der Waals surface area contributed by atoms with Crippen LogP contribution in [0.25, 0.3) is 0 Å². The fourth-order valence-corrected chi connectivity index (χ4v) is 1.58. The Morgan fingerprint density at radius 3 is 2.79 bits per heavy atom. The van der Waals surface area contributed by atoms with E-state index in [2.05, 4.69) is 0 Å². The van der Waals surface area contributed by atoms with E-state index in [-0.39, 0.29) is 11.7 Å². The van der Waals surface area contributed by atoms with E-state index in [1.807, 2.05) is 6.92 Å². The highest BCUT2D eigenvalue weighted by Gasteiger charge is 2.42. The van der Waals surface area contributed by atoms with Gasteiger partial charge in [-0.2, -0.15) is 0 Å². The summed E-state index contributed by atoms with van der Waals surface area (Å²) in [6.07, 6.45) is 2.49. The molecule has 0 saturated carbocycles. The summed E-state index contributed by atoms with van der Waals surface area (Å²) in [6.45, 7) is 3.58. The van der Waals surface area contributed by atoms with Gasteiger partial charge in [-0.3, -0.25) is 14.9 Å². The molecular weight excluding hydrogens is 186 g/mol. The molecule has 1 saturated heterocycles. The van der Waals surface area contributed by atoms with E-state index in [0.717, 1.165) is 0 Å². The van der Waals surface area contributed by atoms with Crippen molar-refractivity contribution in [3.8, 4) is 0 Å². The van der Waals surface area contributed by atoms with Gasteiger partial charge >= 0.3 is 5.97 Å². The molecule has 0 bridgehead atoms. The first kappa shape index (κ1) is 10.7. The molecular formula is C9H13NO4. The number of carbonyl (C=O) groups is 1. The Balaban J connectivity index is 2.97. The van der Waals surface area contributed by atoms with Gasteiger partial charge < -0.3 is 4.74 Å². The van der Waals surface area contributed by atoms with Crippen LogP contribution in [0.4, 0.5) is 0 Å². The van der Waals surface area contributed by atoms with Gasteiger partial charge in [0.05, 0.1) is 16.9 Å². The van der Waals surface area contributed by atoms with Crippen molar-refractivity contribution in [2.75, 3.05) is 6.61 Å². The molecule has 1 heterocycles. The van der Waals surface area contributed by atoms with E-state index in [4.69, 9.17) is 4.74 Å². The van der Waals surface area contributed by atoms with Gasteiger partial charge in [0.15, 0.2) is 0 Å². The molecule has 0 aromatic heterocycles. The average Bonchev–Trinajstić information content (AvgIpc) is 2.48. The molecule has 1 fully saturated rings. The predicted octanol–water partition coefficient (Wildman–Crippen LogP) is 1.51. The lowest BCUT2D eigenvalue weighted by atomic mass is 9.83. The molecule has 5 nitrogen and oxygen atoms in total. The molecule has 0 amide bonds. The summed E-state index contributed by atoms with van der Waals surface area (Å²) in [5.41, 5.74) is -0.761. The summed E-state index contributed by atoms with van der Waals surface area (Å²) in [5, 5.41) is 10.4. The van der Waals surface area contributed by atoms with E-state index in [0.29, 0.717) is 19.4 Å². The van der Waals surface area contributed by atoms with Crippen LogP contribution < -0.4 is 0 Å². The minimum absolute atomic E-state index is 0.00528. The molecule has 0 radical (unpaired) electrons. The molecule has 1 unspecified atom stereocenters. The largest absolute Gasteiger partial charge is 0.465 e. The molecule has 78 valence electrons. The average molecular weight is 199 g/mol. The normalized spacial score (nSPS) is 27.6. The van der Waals surface area contributed by atoms with Crippen LogP contribution in [-0.4, -0.2) is 17.5 Å². The lowest BCUT2D eigenvalue weighted by Gasteiger charge is -2.16. The maximum absolute atomic E-state index is 11.4. The Bertz CT molecular complexity index is 297. The SMILES string of the molecule is CCC1(/C=C(\C)[N+](=O)[O-])CCOC1=O. The fraction of sp³-hybridized carbons (Fsp3) is 0.667. The molecule has 5 heteroatoms. The fourth-order valence-electron chi connectivity index (χ4n) is 1.58. The van der Waals surface area contributed by atoms with Crippen molar-refractivity contribution in [3.63, 3.8) is 0 Å². The smallest absolute Gasteiger partial charge is 0.316 e. The third-order valence-corrected chi connectivity index (χ3v) is 2.59. The topological polar surface area (TPSA) is 69.4 Å². The van der Waals surface area contributed by atoms with Crippen molar-refractivity contribution in [1.82, 2.24) is 0 Å². The van der Waals surface area contributed by atoms with Gasteiger partial charge in [-0.05, 0) is 6.42 Å². The van der Waals surface area contributed by atoms with Crippen LogP contribution in [-0.2, 0) is 9.53 Å². The number of cyclic esters (lactones) is 1. The highest BCUT2D eigenvalue weighted by atomic mass is 16.6. The first-order chi connectivity index (χ1) is 6.52. The second-order valence-corrected chi connectivity index (χ2v) is 3.44. The monoisotopic (exact) mass is 199 g/mol. The third kappa shape index (κ3) is 1.76. The zero-order chi connectivity index (χ0) is 10.8. The van der Waals surface area contributed by atoms with Crippen LogP contribution in [0.5, 0.6) is 0 Å². The van der Waals surface area contributed by atoms with Crippen LogP contribution in [0, 0.1) is 15.5 Å². The number of hydrogen-bond acceptors (Lipinski definition) is 4. The lowest BCUT2D eigenvalue weighted by molar-refractivity contribution is -0.425. The maximum Gasteiger partial charge on any atom is 0.316 e. The van der Waals surface area contributed by atoms with Crippen molar-refractivity contribution in [2.45, 2.75) is 26.7 Å². The molecule has 1 atom stereocenters. The van der Waals surface area contributed by atoms with Gasteiger partial charge in [-0.1, -0.05) is 6.92 Å². The van der Waals surface area contributed by atoms with Crippen molar-refractivity contribution < 1.29 is 14.5 Å². The predicted molar refractivity (Wildman–Crippen MR) is 49.1 cm³/mol. The Hall–Kier alpha value is -1.39. The molecule has 1 aliphatic rings. The van der Waals surface area contributed by atoms with Crippen molar-refractivity contribution in [1.29, 1.82) is 0 Å². The molecule has 1 aliphatic heterocycles. The summed E-state index contributed by atoms with van der Waals surface area (Å²) in [6, 6.07) is 0. The summed E-state index contributed by atoms with van der Waals surface area (Å²) in [7, 11) is 0. The zero-order valence-corrected chi connectivity index (χ0v) is 8.28. The van der Waals surface area contributed by atoms with Gasteiger partial charge in [-0.15, -0.1) is 0 Å². The molecule has 0 N–H and O–H groups in total. The van der Waals surface area contributed by atoms with Crippen LogP contribution in [0.15, 0.2) is 11.8 Å². The first-order valence-electron chi connectivity index (χ1n) is 4.53. The molecule has 1 rings (SSSR count). The summed E-state index contributed by atoms with van der Waals surface area (Å²) in [4.78, 5) is 21.3. The molecule has 14 heavy (non-hydrogen) atoms. The Kier molecular flexibility index (Phi) is 2.88. The van der Waals surface area contributed by atoms with Gasteiger partial charge in [0.25, 0.3) is 0 Å². The Morgan fingerprint density at radius 2 is 2.43 bits per heavy atom. The second-order valence-electron chi connectivity index (χ2n) is 3.44. The first-order valence-corrected chi connectivity index (χ1v) is 4.53. The molecule has 0 aromatic carbocycles. The minimum atomic E-state index is -0.767. The quantitative estimate of drug-likeness (QED) is 0.392. The van der Waals surface area contributed by atoms with Crippen molar-refractivity contribution in [2.24, 2.45) is 5.41 Å². The summed E-state index contributed by atoms with van der Waals surface area (Å²) >= 11 is 0. The minimum Gasteiger partial charge on any atom is -0.465 e. The van der Waals surface area contributed by atoms with Crippen LogP contribution in [0.3, 0.4) is 0 Å². The van der Waals surface area contributed by atoms with Gasteiger partial charge in [0.2, 0.25) is 5.70 Å².